The third kappa shape index (κ3) is 4.95. The molecule has 5 nitrogen and oxygen atoms in total. The van der Waals surface area contributed by atoms with Gasteiger partial charge in [-0.3, -0.25) is 4.79 Å². The highest BCUT2D eigenvalue weighted by atomic mass is 79.9. The van der Waals surface area contributed by atoms with E-state index in [1.165, 1.54) is 31.0 Å². The van der Waals surface area contributed by atoms with E-state index in [9.17, 15) is 4.79 Å². The molecule has 0 atom stereocenters. The number of nitrogens with zero attached hydrogens (tertiary/aromatic N) is 3. The van der Waals surface area contributed by atoms with Crippen molar-refractivity contribution in [2.24, 2.45) is 0 Å². The SMILES string of the molecule is O=C(CSc1nccc(N2CCCCC2)n1)Nc1cccc(Br)c1. The van der Waals surface area contributed by atoms with Crippen LogP contribution in [0.15, 0.2) is 46.2 Å². The summed E-state index contributed by atoms with van der Waals surface area (Å²) in [6.45, 7) is 2.09. The Labute approximate surface area is 154 Å². The Balaban J connectivity index is 1.55. The molecular formula is C17H19BrN4OS. The molecule has 24 heavy (non-hydrogen) atoms. The van der Waals surface area contributed by atoms with E-state index in [1.54, 1.807) is 6.20 Å². The van der Waals surface area contributed by atoms with Gasteiger partial charge in [-0.25, -0.2) is 9.97 Å². The van der Waals surface area contributed by atoms with E-state index in [0.717, 1.165) is 29.1 Å². The molecular weight excluding hydrogens is 388 g/mol. The first-order valence-electron chi connectivity index (χ1n) is 7.97. The molecule has 1 aliphatic heterocycles. The van der Waals surface area contributed by atoms with Gasteiger partial charge in [0.15, 0.2) is 5.16 Å². The number of rotatable bonds is 5. The van der Waals surface area contributed by atoms with Crippen LogP contribution in [0.5, 0.6) is 0 Å². The lowest BCUT2D eigenvalue weighted by Crippen LogP contribution is -2.30. The Morgan fingerprint density at radius 3 is 2.88 bits per heavy atom. The van der Waals surface area contributed by atoms with E-state index in [0.29, 0.717) is 5.16 Å². The maximum Gasteiger partial charge on any atom is 0.234 e. The Hall–Kier alpha value is -1.60. The summed E-state index contributed by atoms with van der Waals surface area (Å²) in [5, 5.41) is 3.52. The quantitative estimate of drug-likeness (QED) is 0.601. The van der Waals surface area contributed by atoms with Gasteiger partial charge >= 0.3 is 0 Å². The second kappa shape index (κ2) is 8.48. The minimum atomic E-state index is -0.0647. The van der Waals surface area contributed by atoms with Crippen LogP contribution in [-0.2, 0) is 4.79 Å². The van der Waals surface area contributed by atoms with Crippen molar-refractivity contribution in [3.8, 4) is 0 Å². The van der Waals surface area contributed by atoms with Crippen LogP contribution >= 0.6 is 27.7 Å². The van der Waals surface area contributed by atoms with Gasteiger partial charge in [-0.2, -0.15) is 0 Å². The molecule has 1 N–H and O–H groups in total. The number of nitrogens with one attached hydrogen (secondary N) is 1. The lowest BCUT2D eigenvalue weighted by Gasteiger charge is -2.27. The predicted molar refractivity (Wildman–Crippen MR) is 102 cm³/mol. The van der Waals surface area contributed by atoms with E-state index < -0.39 is 0 Å². The summed E-state index contributed by atoms with van der Waals surface area (Å²) in [6.07, 6.45) is 5.48. The van der Waals surface area contributed by atoms with Gasteiger partial charge in [0.1, 0.15) is 5.82 Å². The monoisotopic (exact) mass is 406 g/mol. The predicted octanol–water partition coefficient (Wildman–Crippen LogP) is 3.96. The largest absolute Gasteiger partial charge is 0.356 e. The second-order valence-electron chi connectivity index (χ2n) is 5.59. The highest BCUT2D eigenvalue weighted by molar-refractivity contribution is 9.10. The van der Waals surface area contributed by atoms with Crippen LogP contribution in [-0.4, -0.2) is 34.7 Å². The van der Waals surface area contributed by atoms with Crippen molar-refractivity contribution in [1.82, 2.24) is 9.97 Å². The molecule has 1 aliphatic rings. The molecule has 126 valence electrons. The summed E-state index contributed by atoms with van der Waals surface area (Å²) in [4.78, 5) is 23.2. The summed E-state index contributed by atoms with van der Waals surface area (Å²) in [6, 6.07) is 9.48. The number of carbonyl (C=O) groups is 1. The molecule has 1 aromatic carbocycles. The first-order valence-corrected chi connectivity index (χ1v) is 9.75. The number of hydrogen-bond acceptors (Lipinski definition) is 5. The van der Waals surface area contributed by atoms with E-state index in [-0.39, 0.29) is 11.7 Å². The van der Waals surface area contributed by atoms with Crippen molar-refractivity contribution in [3.63, 3.8) is 0 Å². The van der Waals surface area contributed by atoms with Crippen molar-refractivity contribution in [1.29, 1.82) is 0 Å². The molecule has 0 unspecified atom stereocenters. The van der Waals surface area contributed by atoms with Crippen molar-refractivity contribution < 1.29 is 4.79 Å². The minimum absolute atomic E-state index is 0.0647. The van der Waals surface area contributed by atoms with Gasteiger partial charge in [0, 0.05) is 29.4 Å². The fourth-order valence-corrected chi connectivity index (χ4v) is 3.62. The van der Waals surface area contributed by atoms with Crippen molar-refractivity contribution in [3.05, 3.63) is 41.0 Å². The molecule has 0 radical (unpaired) electrons. The van der Waals surface area contributed by atoms with Gasteiger partial charge in [0.05, 0.1) is 5.75 Å². The number of hydrogen-bond donors (Lipinski definition) is 1. The van der Waals surface area contributed by atoms with Gasteiger partial charge in [-0.1, -0.05) is 33.8 Å². The van der Waals surface area contributed by atoms with Crippen LogP contribution in [0.2, 0.25) is 0 Å². The number of benzene rings is 1. The molecule has 2 aromatic rings. The summed E-state index contributed by atoms with van der Waals surface area (Å²) in [7, 11) is 0. The van der Waals surface area contributed by atoms with E-state index in [1.807, 2.05) is 30.3 Å². The summed E-state index contributed by atoms with van der Waals surface area (Å²) >= 11 is 4.75. The molecule has 1 amide bonds. The van der Waals surface area contributed by atoms with Crippen LogP contribution in [0, 0.1) is 0 Å². The Kier molecular flexibility index (Phi) is 6.09. The van der Waals surface area contributed by atoms with Crippen molar-refractivity contribution in [2.45, 2.75) is 24.4 Å². The Morgan fingerprint density at radius 1 is 1.25 bits per heavy atom. The molecule has 1 aromatic heterocycles. The van der Waals surface area contributed by atoms with Gasteiger partial charge < -0.3 is 10.2 Å². The smallest absolute Gasteiger partial charge is 0.234 e. The zero-order chi connectivity index (χ0) is 16.8. The number of anilines is 2. The second-order valence-corrected chi connectivity index (χ2v) is 7.45. The molecule has 0 bridgehead atoms. The van der Waals surface area contributed by atoms with Gasteiger partial charge in [-0.05, 0) is 43.5 Å². The number of halogens is 1. The normalized spacial score (nSPS) is 14.5. The van der Waals surface area contributed by atoms with E-state index >= 15 is 0 Å². The highest BCUT2D eigenvalue weighted by Crippen LogP contribution is 2.21. The van der Waals surface area contributed by atoms with Crippen LogP contribution < -0.4 is 10.2 Å². The van der Waals surface area contributed by atoms with Gasteiger partial charge in [-0.15, -0.1) is 0 Å². The minimum Gasteiger partial charge on any atom is -0.356 e. The zero-order valence-electron chi connectivity index (χ0n) is 13.2. The third-order valence-corrected chi connectivity index (χ3v) is 5.09. The lowest BCUT2D eigenvalue weighted by molar-refractivity contribution is -0.113. The van der Waals surface area contributed by atoms with Crippen LogP contribution in [0.3, 0.4) is 0 Å². The summed E-state index contributed by atoms with van der Waals surface area (Å²) in [5.41, 5.74) is 0.776. The fraction of sp³-hybridized carbons (Fsp3) is 0.353. The van der Waals surface area contributed by atoms with Gasteiger partial charge in [0.25, 0.3) is 0 Å². The third-order valence-electron chi connectivity index (χ3n) is 3.74. The molecule has 1 fully saturated rings. The standard InChI is InChI=1S/C17H19BrN4OS/c18-13-5-4-6-14(11-13)20-16(23)12-24-17-19-8-7-15(21-17)22-9-2-1-3-10-22/h4-8,11H,1-3,9-10,12H2,(H,20,23). The topological polar surface area (TPSA) is 58.1 Å². The number of thioether (sulfide) groups is 1. The molecule has 0 aliphatic carbocycles. The zero-order valence-corrected chi connectivity index (χ0v) is 15.6. The molecule has 0 spiro atoms. The Morgan fingerprint density at radius 2 is 2.08 bits per heavy atom. The number of carbonyl (C=O) groups excluding carboxylic acids is 1. The first-order chi connectivity index (χ1) is 11.7. The number of piperidine rings is 1. The van der Waals surface area contributed by atoms with Crippen LogP contribution in [0.1, 0.15) is 19.3 Å². The Bertz CT molecular complexity index is 706. The van der Waals surface area contributed by atoms with E-state index in [4.69, 9.17) is 0 Å². The first kappa shape index (κ1) is 17.2. The summed E-state index contributed by atoms with van der Waals surface area (Å²) in [5.74, 6) is 1.18. The van der Waals surface area contributed by atoms with E-state index in [2.05, 4.69) is 36.1 Å². The number of amides is 1. The fourth-order valence-electron chi connectivity index (χ4n) is 2.59. The van der Waals surface area contributed by atoms with Crippen molar-refractivity contribution in [2.75, 3.05) is 29.1 Å². The molecule has 7 heteroatoms. The van der Waals surface area contributed by atoms with Gasteiger partial charge in [0.2, 0.25) is 5.91 Å². The molecule has 1 saturated heterocycles. The average Bonchev–Trinajstić information content (AvgIpc) is 2.61. The van der Waals surface area contributed by atoms with Crippen LogP contribution in [0.4, 0.5) is 11.5 Å². The molecule has 0 saturated carbocycles. The number of aromatic nitrogens is 2. The molecule has 2 heterocycles. The maximum absolute atomic E-state index is 12.1. The van der Waals surface area contributed by atoms with Crippen LogP contribution in [0.25, 0.3) is 0 Å². The lowest BCUT2D eigenvalue weighted by atomic mass is 10.1. The maximum atomic E-state index is 12.1. The molecule has 3 rings (SSSR count). The highest BCUT2D eigenvalue weighted by Gasteiger charge is 2.13. The summed E-state index contributed by atoms with van der Waals surface area (Å²) < 4.78 is 0.936. The van der Waals surface area contributed by atoms with Crippen molar-refractivity contribution >= 4 is 45.1 Å². The average molecular weight is 407 g/mol.